The minimum atomic E-state index is -0.740. The van der Waals surface area contributed by atoms with Gasteiger partial charge in [-0.15, -0.1) is 0 Å². The smallest absolute Gasteiger partial charge is 0.305 e. The number of rotatable bonds is 2. The molecule has 1 aromatic carbocycles. The van der Waals surface area contributed by atoms with Gasteiger partial charge in [0.1, 0.15) is 0 Å². The summed E-state index contributed by atoms with van der Waals surface area (Å²) in [6, 6.07) is 6.08. The van der Waals surface area contributed by atoms with Crippen molar-refractivity contribution in [1.29, 1.82) is 0 Å². The molecule has 0 fully saturated rings. The van der Waals surface area contributed by atoms with E-state index >= 15 is 0 Å². The molecule has 0 aliphatic carbocycles. The van der Waals surface area contributed by atoms with Crippen molar-refractivity contribution < 1.29 is 9.90 Å². The number of likely N-dealkylation sites (N-methyl/N-ethyl adjacent to an activating group) is 1. The first-order chi connectivity index (χ1) is 7.09. The monoisotopic (exact) mass is 269 g/mol. The summed E-state index contributed by atoms with van der Waals surface area (Å²) >= 11 is 3.49. The third-order valence-corrected chi connectivity index (χ3v) is 3.61. The molecular weight excluding hydrogens is 258 g/mol. The first-order valence-corrected chi connectivity index (χ1v) is 5.61. The van der Waals surface area contributed by atoms with Crippen LogP contribution in [-0.2, 0) is 11.2 Å². The highest BCUT2D eigenvalue weighted by Crippen LogP contribution is 2.36. The van der Waals surface area contributed by atoms with Crippen LogP contribution in [0.2, 0.25) is 0 Å². The van der Waals surface area contributed by atoms with Gasteiger partial charge in [-0.1, -0.05) is 22.0 Å². The van der Waals surface area contributed by atoms with E-state index in [9.17, 15) is 4.79 Å². The Kier molecular flexibility index (Phi) is 2.69. The Balaban J connectivity index is 2.29. The predicted molar refractivity (Wildman–Crippen MR) is 62.3 cm³/mol. The molecule has 1 unspecified atom stereocenters. The molecule has 0 bridgehead atoms. The number of hydrogen-bond donors (Lipinski definition) is 1. The average Bonchev–Trinajstić information content (AvgIpc) is 2.46. The second kappa shape index (κ2) is 3.85. The molecule has 2 rings (SSSR count). The second-order valence-electron chi connectivity index (χ2n) is 3.80. The van der Waals surface area contributed by atoms with Crippen LogP contribution in [0, 0.1) is 0 Å². The topological polar surface area (TPSA) is 40.5 Å². The summed E-state index contributed by atoms with van der Waals surface area (Å²) in [6.45, 7) is 0. The zero-order chi connectivity index (χ0) is 11.0. The van der Waals surface area contributed by atoms with Crippen molar-refractivity contribution in [3.8, 4) is 0 Å². The molecule has 1 N–H and O–H groups in total. The van der Waals surface area contributed by atoms with Crippen LogP contribution in [0.3, 0.4) is 0 Å². The molecule has 80 valence electrons. The molecule has 1 aromatic rings. The first kappa shape index (κ1) is 10.5. The number of carboxylic acid groups (broad SMARTS) is 1. The van der Waals surface area contributed by atoms with E-state index in [-0.39, 0.29) is 12.5 Å². The number of nitrogens with zero attached hydrogens (tertiary/aromatic N) is 1. The van der Waals surface area contributed by atoms with E-state index < -0.39 is 5.97 Å². The van der Waals surface area contributed by atoms with Gasteiger partial charge in [-0.25, -0.2) is 0 Å². The number of anilines is 1. The maximum Gasteiger partial charge on any atom is 0.305 e. The van der Waals surface area contributed by atoms with E-state index in [0.717, 1.165) is 16.6 Å². The molecule has 1 aliphatic heterocycles. The summed E-state index contributed by atoms with van der Waals surface area (Å²) in [5.74, 6) is -0.740. The Labute approximate surface area is 96.8 Å². The number of hydrogen-bond acceptors (Lipinski definition) is 2. The van der Waals surface area contributed by atoms with Crippen molar-refractivity contribution in [3.63, 3.8) is 0 Å². The molecule has 1 atom stereocenters. The zero-order valence-electron chi connectivity index (χ0n) is 8.40. The van der Waals surface area contributed by atoms with E-state index in [0.29, 0.717) is 0 Å². The molecule has 0 radical (unpaired) electrons. The largest absolute Gasteiger partial charge is 0.481 e. The fourth-order valence-corrected chi connectivity index (χ4v) is 2.58. The second-order valence-corrected chi connectivity index (χ2v) is 4.66. The molecular formula is C11H12BrNO2. The highest BCUT2D eigenvalue weighted by molar-refractivity contribution is 9.10. The lowest BCUT2D eigenvalue weighted by Crippen LogP contribution is -2.30. The Morgan fingerprint density at radius 2 is 2.40 bits per heavy atom. The van der Waals surface area contributed by atoms with E-state index in [1.54, 1.807) is 0 Å². The van der Waals surface area contributed by atoms with Crippen LogP contribution in [0.5, 0.6) is 0 Å². The first-order valence-electron chi connectivity index (χ1n) is 4.81. The standard InChI is InChI=1S/C11H12BrNO2/c1-13-7(6-11(14)15)5-8-9(12)3-2-4-10(8)13/h2-4,7H,5-6H2,1H3,(H,14,15). The Morgan fingerprint density at radius 1 is 1.67 bits per heavy atom. The fourth-order valence-electron chi connectivity index (χ4n) is 2.06. The normalized spacial score (nSPS) is 19.1. The van der Waals surface area contributed by atoms with Crippen LogP contribution in [0.15, 0.2) is 22.7 Å². The van der Waals surface area contributed by atoms with Gasteiger partial charge >= 0.3 is 5.97 Å². The van der Waals surface area contributed by atoms with Gasteiger partial charge in [0.05, 0.1) is 6.42 Å². The maximum atomic E-state index is 10.7. The molecule has 0 aromatic heterocycles. The van der Waals surface area contributed by atoms with E-state index in [1.807, 2.05) is 30.1 Å². The van der Waals surface area contributed by atoms with Gasteiger partial charge in [0.15, 0.2) is 0 Å². The van der Waals surface area contributed by atoms with Gasteiger partial charge in [-0.2, -0.15) is 0 Å². The van der Waals surface area contributed by atoms with Crippen molar-refractivity contribution in [2.45, 2.75) is 18.9 Å². The lowest BCUT2D eigenvalue weighted by molar-refractivity contribution is -0.137. The van der Waals surface area contributed by atoms with Crippen molar-refractivity contribution in [2.75, 3.05) is 11.9 Å². The SMILES string of the molecule is CN1c2cccc(Br)c2CC1CC(=O)O. The lowest BCUT2D eigenvalue weighted by Gasteiger charge is -2.20. The lowest BCUT2D eigenvalue weighted by atomic mass is 10.1. The Bertz CT molecular complexity index is 406. The van der Waals surface area contributed by atoms with Crippen molar-refractivity contribution >= 4 is 27.6 Å². The van der Waals surface area contributed by atoms with Crippen molar-refractivity contribution in [1.82, 2.24) is 0 Å². The van der Waals surface area contributed by atoms with E-state index in [2.05, 4.69) is 15.9 Å². The van der Waals surface area contributed by atoms with Crippen LogP contribution in [0.4, 0.5) is 5.69 Å². The molecule has 0 saturated carbocycles. The molecule has 4 heteroatoms. The number of carboxylic acids is 1. The molecule has 3 nitrogen and oxygen atoms in total. The van der Waals surface area contributed by atoms with Crippen LogP contribution in [0.25, 0.3) is 0 Å². The number of fused-ring (bicyclic) bond motifs is 1. The van der Waals surface area contributed by atoms with Crippen LogP contribution in [0.1, 0.15) is 12.0 Å². The Morgan fingerprint density at radius 3 is 3.00 bits per heavy atom. The minimum Gasteiger partial charge on any atom is -0.481 e. The summed E-state index contributed by atoms with van der Waals surface area (Å²) in [7, 11) is 1.95. The van der Waals surface area contributed by atoms with Gasteiger partial charge in [-0.05, 0) is 24.1 Å². The molecule has 1 aliphatic rings. The summed E-state index contributed by atoms with van der Waals surface area (Å²) in [6.07, 6.45) is 0.997. The molecule has 0 spiro atoms. The fraction of sp³-hybridized carbons (Fsp3) is 0.364. The number of carbonyl (C=O) groups is 1. The maximum absolute atomic E-state index is 10.7. The molecule has 1 heterocycles. The minimum absolute atomic E-state index is 0.0798. The number of benzene rings is 1. The molecule has 0 amide bonds. The summed E-state index contributed by atoms with van der Waals surface area (Å²) in [4.78, 5) is 12.7. The van der Waals surface area contributed by atoms with E-state index in [1.165, 1.54) is 5.56 Å². The highest BCUT2D eigenvalue weighted by Gasteiger charge is 2.29. The van der Waals surface area contributed by atoms with Crippen molar-refractivity contribution in [3.05, 3.63) is 28.2 Å². The van der Waals surface area contributed by atoms with Gasteiger partial charge in [0.25, 0.3) is 0 Å². The summed E-state index contributed by atoms with van der Waals surface area (Å²) in [5, 5.41) is 8.80. The number of aliphatic carboxylic acids is 1. The molecule has 15 heavy (non-hydrogen) atoms. The predicted octanol–water partition coefficient (Wildman–Crippen LogP) is 2.28. The van der Waals surface area contributed by atoms with Gasteiger partial charge in [0, 0.05) is 23.2 Å². The van der Waals surface area contributed by atoms with Crippen LogP contribution in [-0.4, -0.2) is 24.2 Å². The van der Waals surface area contributed by atoms with E-state index in [4.69, 9.17) is 5.11 Å². The number of halogens is 1. The van der Waals surface area contributed by atoms with Gasteiger partial charge in [-0.3, -0.25) is 4.79 Å². The zero-order valence-corrected chi connectivity index (χ0v) is 9.99. The molecule has 0 saturated heterocycles. The average molecular weight is 270 g/mol. The third-order valence-electron chi connectivity index (χ3n) is 2.87. The summed E-state index contributed by atoms with van der Waals surface area (Å²) < 4.78 is 1.07. The van der Waals surface area contributed by atoms with Gasteiger partial charge < -0.3 is 10.0 Å². The van der Waals surface area contributed by atoms with Gasteiger partial charge in [0.2, 0.25) is 0 Å². The third kappa shape index (κ3) is 1.86. The van der Waals surface area contributed by atoms with Crippen LogP contribution >= 0.6 is 15.9 Å². The van der Waals surface area contributed by atoms with Crippen molar-refractivity contribution in [2.24, 2.45) is 0 Å². The summed E-state index contributed by atoms with van der Waals surface area (Å²) in [5.41, 5.74) is 2.35. The quantitative estimate of drug-likeness (QED) is 0.896. The Hall–Kier alpha value is -1.03. The highest BCUT2D eigenvalue weighted by atomic mass is 79.9. The van der Waals surface area contributed by atoms with Crippen LogP contribution < -0.4 is 4.90 Å².